The number of benzene rings is 2. The summed E-state index contributed by atoms with van der Waals surface area (Å²) in [4.78, 5) is 42.8. The Balaban J connectivity index is 2.06. The van der Waals surface area contributed by atoms with Crippen molar-refractivity contribution in [2.45, 2.75) is 98.0 Å². The Labute approximate surface area is 227 Å². The minimum absolute atomic E-state index is 0.0932. The van der Waals surface area contributed by atoms with E-state index in [1.807, 2.05) is 76.2 Å². The number of aryl methyl sites for hydroxylation is 2. The highest BCUT2D eigenvalue weighted by molar-refractivity contribution is 5.93. The van der Waals surface area contributed by atoms with Crippen molar-refractivity contribution in [2.75, 3.05) is 0 Å². The first-order valence-electron chi connectivity index (χ1n) is 13.5. The third kappa shape index (κ3) is 7.83. The number of hydrogen-bond acceptors (Lipinski definition) is 4. The molecule has 3 amide bonds. The van der Waals surface area contributed by atoms with Crippen LogP contribution < -0.4 is 10.6 Å². The first-order valence-corrected chi connectivity index (χ1v) is 13.5. The average molecular weight is 522 g/mol. The lowest BCUT2D eigenvalue weighted by Crippen LogP contribution is -2.55. The van der Waals surface area contributed by atoms with Crippen molar-refractivity contribution < 1.29 is 19.1 Å². The van der Waals surface area contributed by atoms with Gasteiger partial charge in [0.2, 0.25) is 11.8 Å². The highest BCUT2D eigenvalue weighted by Crippen LogP contribution is 2.41. The fraction of sp³-hybridized carbons (Fsp3) is 0.516. The Morgan fingerprint density at radius 1 is 1.03 bits per heavy atom. The lowest BCUT2D eigenvalue weighted by molar-refractivity contribution is -0.143. The lowest BCUT2D eigenvalue weighted by atomic mass is 9.95. The van der Waals surface area contributed by atoms with E-state index in [1.54, 1.807) is 25.7 Å². The summed E-state index contributed by atoms with van der Waals surface area (Å²) < 4.78 is 5.51. The minimum Gasteiger partial charge on any atom is -0.444 e. The summed E-state index contributed by atoms with van der Waals surface area (Å²) in [5.74, 6) is -0.272. The number of alkyl carbamates (subject to hydrolysis) is 1. The normalized spacial score (nSPS) is 18.3. The van der Waals surface area contributed by atoms with Gasteiger partial charge in [-0.1, -0.05) is 61.0 Å². The van der Waals surface area contributed by atoms with E-state index in [1.165, 1.54) is 0 Å². The summed E-state index contributed by atoms with van der Waals surface area (Å²) in [6, 6.07) is 13.6. The van der Waals surface area contributed by atoms with E-state index in [0.717, 1.165) is 28.7 Å². The van der Waals surface area contributed by atoms with Gasteiger partial charge < -0.3 is 20.3 Å². The van der Waals surface area contributed by atoms with Gasteiger partial charge in [0, 0.05) is 18.5 Å². The molecular weight excluding hydrogens is 478 g/mol. The standard InChI is InChI=1S/C31H43N3O4/c1-19(2)32-28(35)27(24-15-14-20(3)16-21(24)4)34(26-17-22(26)5)29(36)25(18-23-12-10-9-11-13-23)33-30(37)38-31(6,7)8/h9-16,19,22,25-27H,17-18H2,1-8H3,(H,32,35)(H,33,37). The van der Waals surface area contributed by atoms with E-state index >= 15 is 0 Å². The van der Waals surface area contributed by atoms with E-state index in [0.29, 0.717) is 0 Å². The number of nitrogens with zero attached hydrogens (tertiary/aromatic N) is 1. The average Bonchev–Trinajstić information content (AvgIpc) is 3.51. The molecule has 4 unspecified atom stereocenters. The maximum absolute atomic E-state index is 14.4. The summed E-state index contributed by atoms with van der Waals surface area (Å²) in [6.45, 7) is 15.2. The number of rotatable bonds is 9. The molecule has 7 nitrogen and oxygen atoms in total. The van der Waals surface area contributed by atoms with Crippen LogP contribution in [0.3, 0.4) is 0 Å². The maximum atomic E-state index is 14.4. The van der Waals surface area contributed by atoms with Crippen LogP contribution in [0.2, 0.25) is 0 Å². The monoisotopic (exact) mass is 521 g/mol. The Kier molecular flexibility index (Phi) is 9.23. The van der Waals surface area contributed by atoms with Crippen molar-refractivity contribution >= 4 is 17.9 Å². The number of carbonyl (C=O) groups excluding carboxylic acids is 3. The third-order valence-electron chi connectivity index (χ3n) is 6.63. The second-order valence-electron chi connectivity index (χ2n) is 11.8. The lowest BCUT2D eigenvalue weighted by Gasteiger charge is -2.36. The number of hydrogen-bond donors (Lipinski definition) is 2. The highest BCUT2D eigenvalue weighted by atomic mass is 16.6. The van der Waals surface area contributed by atoms with Gasteiger partial charge in [-0.3, -0.25) is 9.59 Å². The zero-order valence-electron chi connectivity index (χ0n) is 24.0. The van der Waals surface area contributed by atoms with Gasteiger partial charge in [-0.15, -0.1) is 0 Å². The molecule has 0 aromatic heterocycles. The number of carbonyl (C=O) groups is 3. The third-order valence-corrected chi connectivity index (χ3v) is 6.63. The molecule has 1 aliphatic rings. The van der Waals surface area contributed by atoms with Gasteiger partial charge in [-0.2, -0.15) is 0 Å². The van der Waals surface area contributed by atoms with Gasteiger partial charge in [0.1, 0.15) is 17.7 Å². The molecule has 1 saturated carbocycles. The molecule has 0 aliphatic heterocycles. The van der Waals surface area contributed by atoms with E-state index in [9.17, 15) is 14.4 Å². The molecular formula is C31H43N3O4. The van der Waals surface area contributed by atoms with E-state index in [2.05, 4.69) is 17.6 Å². The van der Waals surface area contributed by atoms with Crippen LogP contribution in [0.4, 0.5) is 4.79 Å². The summed E-state index contributed by atoms with van der Waals surface area (Å²) in [5, 5.41) is 5.86. The molecule has 0 heterocycles. The number of ether oxygens (including phenoxy) is 1. The molecule has 0 radical (unpaired) electrons. The number of amides is 3. The SMILES string of the molecule is Cc1ccc(C(C(=O)NC(C)C)N(C(=O)C(Cc2ccccc2)NC(=O)OC(C)(C)C)C2CC2C)c(C)c1. The first-order chi connectivity index (χ1) is 17.8. The Morgan fingerprint density at radius 2 is 1.66 bits per heavy atom. The van der Waals surface area contributed by atoms with Crippen molar-refractivity contribution in [3.05, 3.63) is 70.8 Å². The second kappa shape index (κ2) is 12.0. The Morgan fingerprint density at radius 3 is 2.18 bits per heavy atom. The van der Waals surface area contributed by atoms with Gasteiger partial charge in [0.25, 0.3) is 0 Å². The van der Waals surface area contributed by atoms with Gasteiger partial charge in [0.15, 0.2) is 0 Å². The van der Waals surface area contributed by atoms with Crippen molar-refractivity contribution in [1.82, 2.24) is 15.5 Å². The van der Waals surface area contributed by atoms with Crippen molar-refractivity contribution in [1.29, 1.82) is 0 Å². The van der Waals surface area contributed by atoms with Crippen LogP contribution in [-0.4, -0.2) is 46.5 Å². The van der Waals surface area contributed by atoms with E-state index in [4.69, 9.17) is 4.74 Å². The zero-order valence-corrected chi connectivity index (χ0v) is 24.0. The van der Waals surface area contributed by atoms with Crippen LogP contribution in [0.1, 0.15) is 76.3 Å². The molecule has 38 heavy (non-hydrogen) atoms. The molecule has 1 fully saturated rings. The first kappa shape index (κ1) is 29.2. The summed E-state index contributed by atoms with van der Waals surface area (Å²) >= 11 is 0. The maximum Gasteiger partial charge on any atom is 0.408 e. The predicted molar refractivity (Wildman–Crippen MR) is 150 cm³/mol. The van der Waals surface area contributed by atoms with Crippen molar-refractivity contribution in [3.8, 4) is 0 Å². The largest absolute Gasteiger partial charge is 0.444 e. The van der Waals surface area contributed by atoms with E-state index < -0.39 is 23.8 Å². The highest BCUT2D eigenvalue weighted by Gasteiger charge is 2.48. The van der Waals surface area contributed by atoms with Gasteiger partial charge >= 0.3 is 6.09 Å². The van der Waals surface area contributed by atoms with Crippen LogP contribution in [0.15, 0.2) is 48.5 Å². The molecule has 4 atom stereocenters. The van der Waals surface area contributed by atoms with E-state index in [-0.39, 0.29) is 36.2 Å². The smallest absolute Gasteiger partial charge is 0.408 e. The molecule has 2 N–H and O–H groups in total. The Hall–Kier alpha value is -3.35. The molecule has 0 bridgehead atoms. The van der Waals surface area contributed by atoms with Gasteiger partial charge in [-0.25, -0.2) is 4.79 Å². The van der Waals surface area contributed by atoms with Crippen LogP contribution >= 0.6 is 0 Å². The van der Waals surface area contributed by atoms with Crippen LogP contribution in [0.25, 0.3) is 0 Å². The molecule has 1 aliphatic carbocycles. The molecule has 0 spiro atoms. The van der Waals surface area contributed by atoms with Gasteiger partial charge in [0.05, 0.1) is 0 Å². The van der Waals surface area contributed by atoms with Gasteiger partial charge in [-0.05, 0) is 77.5 Å². The number of nitrogens with one attached hydrogen (secondary N) is 2. The molecule has 206 valence electrons. The molecule has 7 heteroatoms. The van der Waals surface area contributed by atoms with Crippen LogP contribution in [0, 0.1) is 19.8 Å². The molecule has 0 saturated heterocycles. The quantitative estimate of drug-likeness (QED) is 0.472. The molecule has 2 aromatic carbocycles. The predicted octanol–water partition coefficient (Wildman–Crippen LogP) is 5.24. The van der Waals surface area contributed by atoms with Crippen LogP contribution in [-0.2, 0) is 20.7 Å². The molecule has 2 aromatic rings. The van der Waals surface area contributed by atoms with Crippen LogP contribution in [0.5, 0.6) is 0 Å². The minimum atomic E-state index is -0.903. The zero-order chi connectivity index (χ0) is 28.2. The Bertz CT molecular complexity index is 1140. The van der Waals surface area contributed by atoms with Crippen molar-refractivity contribution in [2.24, 2.45) is 5.92 Å². The topological polar surface area (TPSA) is 87.7 Å². The second-order valence-corrected chi connectivity index (χ2v) is 11.8. The summed E-state index contributed by atoms with van der Waals surface area (Å²) in [5.41, 5.74) is 3.01. The van der Waals surface area contributed by atoms with Crippen molar-refractivity contribution in [3.63, 3.8) is 0 Å². The summed E-state index contributed by atoms with van der Waals surface area (Å²) in [7, 11) is 0. The molecule has 3 rings (SSSR count). The fourth-order valence-corrected chi connectivity index (χ4v) is 4.77. The summed E-state index contributed by atoms with van der Waals surface area (Å²) in [6.07, 6.45) is 0.416. The fourth-order valence-electron chi connectivity index (χ4n) is 4.77.